The van der Waals surface area contributed by atoms with Gasteiger partial charge in [0.05, 0.1) is 10.0 Å². The first-order valence-corrected chi connectivity index (χ1v) is 5.42. The standard InChI is InChI=1S/C11H4BrF4N3/c12-10-8(11(14,15)16)1-7(2-9(10)13)19-5-6(3-17)4-18/h1-2,5,19H. The number of nitriles is 2. The Hall–Kier alpha value is -2.06. The van der Waals surface area contributed by atoms with Gasteiger partial charge in [0.15, 0.2) is 0 Å². The van der Waals surface area contributed by atoms with Crippen molar-refractivity contribution >= 4 is 21.6 Å². The normalized spacial score (nSPS) is 10.3. The first kappa shape index (κ1) is 15.0. The summed E-state index contributed by atoms with van der Waals surface area (Å²) < 4.78 is 50.4. The molecule has 8 heteroatoms. The van der Waals surface area contributed by atoms with Crippen LogP contribution in [-0.4, -0.2) is 0 Å². The summed E-state index contributed by atoms with van der Waals surface area (Å²) in [6.45, 7) is 0. The highest BCUT2D eigenvalue weighted by Gasteiger charge is 2.34. The number of alkyl halides is 3. The van der Waals surface area contributed by atoms with Crippen molar-refractivity contribution in [3.63, 3.8) is 0 Å². The fourth-order valence-electron chi connectivity index (χ4n) is 1.12. The van der Waals surface area contributed by atoms with Crippen LogP contribution < -0.4 is 5.32 Å². The molecular formula is C11H4BrF4N3. The van der Waals surface area contributed by atoms with E-state index in [1.165, 1.54) is 12.1 Å². The maximum atomic E-state index is 13.3. The SMILES string of the molecule is N#CC(C#N)=CNc1cc(F)c(Br)c(C(F)(F)F)c1. The van der Waals surface area contributed by atoms with E-state index in [0.717, 1.165) is 12.3 Å². The molecule has 1 aromatic rings. The summed E-state index contributed by atoms with van der Waals surface area (Å²) in [5.41, 5.74) is -1.77. The Bertz CT molecular complexity index is 592. The topological polar surface area (TPSA) is 59.6 Å². The zero-order chi connectivity index (χ0) is 14.6. The van der Waals surface area contributed by atoms with E-state index in [9.17, 15) is 17.6 Å². The summed E-state index contributed by atoms with van der Waals surface area (Å²) in [7, 11) is 0. The highest BCUT2D eigenvalue weighted by atomic mass is 79.9. The monoisotopic (exact) mass is 333 g/mol. The number of rotatable bonds is 2. The maximum Gasteiger partial charge on any atom is 0.417 e. The van der Waals surface area contributed by atoms with Crippen LogP contribution in [0.1, 0.15) is 5.56 Å². The fraction of sp³-hybridized carbons (Fsp3) is 0.0909. The van der Waals surface area contributed by atoms with Gasteiger partial charge in [0, 0.05) is 11.9 Å². The van der Waals surface area contributed by atoms with Gasteiger partial charge in [-0.3, -0.25) is 0 Å². The number of nitrogens with one attached hydrogen (secondary N) is 1. The summed E-state index contributed by atoms with van der Waals surface area (Å²) in [6.07, 6.45) is -3.84. The van der Waals surface area contributed by atoms with E-state index in [1.54, 1.807) is 0 Å². The molecule has 0 saturated carbocycles. The van der Waals surface area contributed by atoms with Crippen LogP contribution in [0.4, 0.5) is 23.2 Å². The molecule has 0 aliphatic rings. The molecular weight excluding hydrogens is 330 g/mol. The predicted octanol–water partition coefficient (Wildman–Crippen LogP) is 3.95. The van der Waals surface area contributed by atoms with E-state index in [2.05, 4.69) is 21.2 Å². The van der Waals surface area contributed by atoms with E-state index < -0.39 is 22.0 Å². The third-order valence-electron chi connectivity index (χ3n) is 1.96. The van der Waals surface area contributed by atoms with Crippen LogP contribution in [-0.2, 0) is 6.18 Å². The predicted molar refractivity (Wildman–Crippen MR) is 62.0 cm³/mol. The van der Waals surface area contributed by atoms with Crippen LogP contribution in [0.3, 0.4) is 0 Å². The minimum absolute atomic E-state index is 0.226. The molecule has 0 unspecified atom stereocenters. The fourth-order valence-corrected chi connectivity index (χ4v) is 1.58. The molecule has 0 aliphatic carbocycles. The molecule has 1 N–H and O–H groups in total. The molecule has 0 heterocycles. The zero-order valence-electron chi connectivity index (χ0n) is 9.02. The number of anilines is 1. The van der Waals surface area contributed by atoms with Crippen molar-refractivity contribution in [2.24, 2.45) is 0 Å². The Morgan fingerprint density at radius 3 is 2.32 bits per heavy atom. The number of nitrogens with zero attached hydrogens (tertiary/aromatic N) is 2. The Morgan fingerprint density at radius 2 is 1.84 bits per heavy atom. The largest absolute Gasteiger partial charge is 0.417 e. The van der Waals surface area contributed by atoms with Crippen molar-refractivity contribution in [1.82, 2.24) is 0 Å². The van der Waals surface area contributed by atoms with Crippen molar-refractivity contribution in [2.45, 2.75) is 6.18 Å². The molecule has 3 nitrogen and oxygen atoms in total. The van der Waals surface area contributed by atoms with E-state index in [4.69, 9.17) is 10.5 Å². The van der Waals surface area contributed by atoms with Gasteiger partial charge in [-0.25, -0.2) is 4.39 Å². The van der Waals surface area contributed by atoms with Crippen LogP contribution >= 0.6 is 15.9 Å². The van der Waals surface area contributed by atoms with Crippen LogP contribution in [0.5, 0.6) is 0 Å². The average molecular weight is 334 g/mol. The van der Waals surface area contributed by atoms with E-state index >= 15 is 0 Å². The summed E-state index contributed by atoms with van der Waals surface area (Å²) in [5, 5.41) is 19.1. The third-order valence-corrected chi connectivity index (χ3v) is 2.76. The second kappa shape index (κ2) is 5.72. The lowest BCUT2D eigenvalue weighted by molar-refractivity contribution is -0.138. The summed E-state index contributed by atoms with van der Waals surface area (Å²) in [5.74, 6) is -1.11. The van der Waals surface area contributed by atoms with Gasteiger partial charge < -0.3 is 5.32 Å². The lowest BCUT2D eigenvalue weighted by Crippen LogP contribution is -2.08. The molecule has 0 bridgehead atoms. The zero-order valence-corrected chi connectivity index (χ0v) is 10.6. The maximum absolute atomic E-state index is 13.3. The highest BCUT2D eigenvalue weighted by molar-refractivity contribution is 9.10. The highest BCUT2D eigenvalue weighted by Crippen LogP contribution is 2.37. The van der Waals surface area contributed by atoms with Crippen molar-refractivity contribution in [2.75, 3.05) is 5.32 Å². The number of hydrogen-bond donors (Lipinski definition) is 1. The number of halogens is 5. The van der Waals surface area contributed by atoms with Crippen LogP contribution in [0.2, 0.25) is 0 Å². The van der Waals surface area contributed by atoms with Gasteiger partial charge in [-0.15, -0.1) is 0 Å². The average Bonchev–Trinajstić information content (AvgIpc) is 2.33. The molecule has 0 fully saturated rings. The number of hydrogen-bond acceptors (Lipinski definition) is 3. The second-order valence-electron chi connectivity index (χ2n) is 3.24. The Balaban J connectivity index is 3.20. The molecule has 19 heavy (non-hydrogen) atoms. The van der Waals surface area contributed by atoms with E-state index in [1.807, 2.05) is 0 Å². The van der Waals surface area contributed by atoms with Crippen LogP contribution in [0.25, 0.3) is 0 Å². The van der Waals surface area contributed by atoms with Crippen molar-refractivity contribution < 1.29 is 17.6 Å². The van der Waals surface area contributed by atoms with Gasteiger partial charge in [-0.2, -0.15) is 23.7 Å². The lowest BCUT2D eigenvalue weighted by Gasteiger charge is -2.12. The second-order valence-corrected chi connectivity index (χ2v) is 4.04. The van der Waals surface area contributed by atoms with Gasteiger partial charge >= 0.3 is 6.18 Å². The Labute approximate surface area is 113 Å². The summed E-state index contributed by atoms with van der Waals surface area (Å²) in [4.78, 5) is 0. The molecule has 0 radical (unpaired) electrons. The lowest BCUT2D eigenvalue weighted by atomic mass is 10.2. The third kappa shape index (κ3) is 3.70. The minimum Gasteiger partial charge on any atom is -0.360 e. The molecule has 0 aromatic heterocycles. The molecule has 1 aromatic carbocycles. The van der Waals surface area contributed by atoms with Gasteiger partial charge in [-0.1, -0.05) is 0 Å². The van der Waals surface area contributed by atoms with Crippen molar-refractivity contribution in [3.05, 3.63) is 39.8 Å². The molecule has 0 atom stereocenters. The molecule has 0 saturated heterocycles. The van der Waals surface area contributed by atoms with Crippen molar-refractivity contribution in [3.8, 4) is 12.1 Å². The smallest absolute Gasteiger partial charge is 0.360 e. The van der Waals surface area contributed by atoms with Gasteiger partial charge in [0.1, 0.15) is 23.5 Å². The molecule has 0 amide bonds. The minimum atomic E-state index is -4.73. The first-order chi connectivity index (χ1) is 8.79. The summed E-state index contributed by atoms with van der Waals surface area (Å²) >= 11 is 2.51. The molecule has 98 valence electrons. The van der Waals surface area contributed by atoms with Gasteiger partial charge in [-0.05, 0) is 28.1 Å². The summed E-state index contributed by atoms with van der Waals surface area (Å²) in [6, 6.07) is 4.48. The quantitative estimate of drug-likeness (QED) is 0.658. The number of allylic oxidation sites excluding steroid dienone is 1. The van der Waals surface area contributed by atoms with E-state index in [0.29, 0.717) is 6.07 Å². The Morgan fingerprint density at radius 1 is 1.26 bits per heavy atom. The first-order valence-electron chi connectivity index (χ1n) is 4.62. The Kier molecular flexibility index (Phi) is 4.52. The molecule has 0 spiro atoms. The van der Waals surface area contributed by atoms with Crippen molar-refractivity contribution in [1.29, 1.82) is 10.5 Å². The molecule has 0 aliphatic heterocycles. The van der Waals surface area contributed by atoms with Crippen LogP contribution in [0, 0.1) is 28.5 Å². The van der Waals surface area contributed by atoms with Crippen LogP contribution in [0.15, 0.2) is 28.4 Å². The van der Waals surface area contributed by atoms with Gasteiger partial charge in [0.2, 0.25) is 0 Å². The number of benzene rings is 1. The van der Waals surface area contributed by atoms with E-state index in [-0.39, 0.29) is 11.3 Å². The molecule has 1 rings (SSSR count). The van der Waals surface area contributed by atoms with Gasteiger partial charge in [0.25, 0.3) is 0 Å².